The van der Waals surface area contributed by atoms with E-state index in [-0.39, 0.29) is 64.3 Å². The lowest BCUT2D eigenvalue weighted by Crippen LogP contribution is -2.44. The number of aliphatic hydroxyl groups is 1. The molecule has 7 aliphatic rings. The van der Waals surface area contributed by atoms with E-state index in [1.165, 1.54) is 57.8 Å². The highest BCUT2D eigenvalue weighted by Crippen LogP contribution is 2.43. The first kappa shape index (κ1) is 103. The Morgan fingerprint density at radius 1 is 0.469 bits per heavy atom. The number of nitrogens with one attached hydrogen (secondary N) is 9. The summed E-state index contributed by atoms with van der Waals surface area (Å²) in [4.78, 5) is 79.1. The van der Waals surface area contributed by atoms with Gasteiger partial charge in [-0.3, -0.25) is 0 Å². The van der Waals surface area contributed by atoms with Gasteiger partial charge < -0.3 is 71.7 Å². The molecule has 0 bridgehead atoms. The molecular weight excluding hydrogens is 1950 g/mol. The van der Waals surface area contributed by atoms with E-state index in [9.17, 15) is 40.8 Å². The molecule has 4 aromatic carbocycles. The lowest BCUT2D eigenvalue weighted by Gasteiger charge is -2.30. The molecule has 0 spiro atoms. The van der Waals surface area contributed by atoms with Crippen molar-refractivity contribution in [3.63, 3.8) is 0 Å². The fraction of sp³-hybridized carbons (Fsp3) is 0.544. The van der Waals surface area contributed by atoms with Gasteiger partial charge in [0, 0.05) is 95.1 Å². The third-order valence-electron chi connectivity index (χ3n) is 21.6. The molecule has 0 unspecified atom stereocenters. The number of ether oxygens (including phenoxy) is 5. The van der Waals surface area contributed by atoms with Crippen LogP contribution >= 0.6 is 93.1 Å². The summed E-state index contributed by atoms with van der Waals surface area (Å²) in [6.45, 7) is 20.7. The Bertz CT molecular complexity index is 5090. The van der Waals surface area contributed by atoms with Gasteiger partial charge in [0.05, 0.1) is 97.2 Å². The van der Waals surface area contributed by atoms with Crippen LogP contribution in [0.4, 0.5) is 35.3 Å². The van der Waals surface area contributed by atoms with Crippen molar-refractivity contribution in [3.05, 3.63) is 170 Å². The summed E-state index contributed by atoms with van der Waals surface area (Å²) in [7, 11) is -7.64. The van der Waals surface area contributed by atoms with Crippen LogP contribution in [-0.2, 0) is 56.8 Å². The molecule has 5 aliphatic carbocycles. The number of hydrogen-bond donors (Lipinski definition) is 11. The Hall–Kier alpha value is -7.15. The molecule has 0 atom stereocenters. The number of halogens is 3. The third kappa shape index (κ3) is 35.4. The van der Waals surface area contributed by atoms with Crippen LogP contribution in [0.15, 0.2) is 143 Å². The Kier molecular flexibility index (Phi) is 39.4. The minimum atomic E-state index is -3.95. The van der Waals surface area contributed by atoms with Crippen LogP contribution in [0.2, 0.25) is 0 Å². The largest absolute Gasteiger partial charge is 0.444 e. The van der Waals surface area contributed by atoms with Crippen LogP contribution < -0.4 is 52.4 Å². The number of rotatable bonds is 20. The highest BCUT2D eigenvalue weighted by molar-refractivity contribution is 9.11. The molecule has 2 saturated heterocycles. The minimum Gasteiger partial charge on any atom is -0.444 e. The van der Waals surface area contributed by atoms with Gasteiger partial charge in [-0.2, -0.15) is 0 Å². The van der Waals surface area contributed by atoms with Gasteiger partial charge in [0.1, 0.15) is 5.60 Å². The molecule has 128 heavy (non-hydrogen) atoms. The van der Waals surface area contributed by atoms with Crippen molar-refractivity contribution < 1.29 is 69.6 Å². The topological polar surface area (TPSA) is 406 Å². The summed E-state index contributed by atoms with van der Waals surface area (Å²) in [5.41, 5.74) is 7.92. The zero-order valence-electron chi connectivity index (χ0n) is 74.2. The van der Waals surface area contributed by atoms with Crippen LogP contribution in [0.5, 0.6) is 0 Å². The second kappa shape index (κ2) is 49.0. The number of benzene rings is 4. The van der Waals surface area contributed by atoms with Crippen LogP contribution in [0, 0.1) is 6.92 Å². The van der Waals surface area contributed by atoms with Crippen LogP contribution in [-0.4, -0.2) is 158 Å². The maximum Gasteiger partial charge on any atom is 0.407 e. The number of aliphatic hydroxyl groups excluding tert-OH is 1. The number of thiazole rings is 4. The zero-order valence-corrected chi connectivity index (χ0v) is 83.8. The van der Waals surface area contributed by atoms with E-state index in [1.54, 1.807) is 113 Å². The zero-order chi connectivity index (χ0) is 92.4. The highest BCUT2D eigenvalue weighted by Gasteiger charge is 2.35. The Labute approximate surface area is 794 Å². The molecule has 15 rings (SSSR count). The van der Waals surface area contributed by atoms with Gasteiger partial charge in [-0.05, 0) is 280 Å². The predicted octanol–water partition coefficient (Wildman–Crippen LogP) is 19.7. The third-order valence-corrected chi connectivity index (χ3v) is 31.4. The standard InChI is InChI=1S/C31H39N5O6S2.C19H25N3O3S.C14H21BrN2O2S.C13H17BrN2O3S.C9H13BrN2S.C4H8O/c1-31(2,3)36-44(39,40)27-15-23(34-29(37)33-16-20-7-5-4-6-8-20)13-14-25(27)26-17-32-28(43-26)21-9-11-22(12-10-21)35-30(38)42-24-18-41-19-24;1-14-10-11-16(12-17(14)26(24,25)22-19(2,3)4)21-18(23)20-13-15-8-6-5-7-9-15;1-14(2,3)19-13(18)17-10-6-4-9(5-7-10)12-16-8-11(15)20-12;14-11-5-15-12(20-11)8-1-3-9(4-2-8)16-13(17)19-10-6-18-7-10;10-8-5-12-9(13-8)6-1-3-7(11)4-2-6;5-4-2-1-3-4/h4-8,13-15,17,21-22,24,36H,9-12,16,18-19H2,1-3H3,(H,35,38)(H2,33,34,37);5-12,22H,13H2,1-4H3,(H2,20,21,23);8-10H,4-7H2,1-3H3,(H,17,18);5,8-10H,1-4,6-7H2,(H,16,17);5-7H,1-4,11H2;4-5H,1-3H2. The van der Waals surface area contributed by atoms with Crippen LogP contribution in [0.1, 0.15) is 245 Å². The molecule has 38 heteroatoms. The van der Waals surface area contributed by atoms with Crippen LogP contribution in [0.3, 0.4) is 0 Å². The van der Waals surface area contributed by atoms with Gasteiger partial charge in [-0.15, -0.1) is 45.3 Å². The maximum atomic E-state index is 13.6. The van der Waals surface area contributed by atoms with Crippen molar-refractivity contribution in [3.8, 4) is 10.4 Å². The molecule has 7 fully saturated rings. The van der Waals surface area contributed by atoms with Gasteiger partial charge in [0.2, 0.25) is 20.0 Å². The Morgan fingerprint density at radius 3 is 1.16 bits per heavy atom. The fourth-order valence-corrected chi connectivity index (χ4v) is 23.5. The van der Waals surface area contributed by atoms with E-state index in [4.69, 9.17) is 34.5 Å². The molecule has 5 saturated carbocycles. The van der Waals surface area contributed by atoms with E-state index < -0.39 is 54.9 Å². The van der Waals surface area contributed by atoms with E-state index in [1.807, 2.05) is 100 Å². The highest BCUT2D eigenvalue weighted by atomic mass is 79.9. The van der Waals surface area contributed by atoms with E-state index >= 15 is 0 Å². The average Bonchev–Trinajstić information content (AvgIpc) is 1.01. The summed E-state index contributed by atoms with van der Waals surface area (Å²) >= 11 is 17.0. The molecule has 4 aromatic heterocycles. The molecule has 6 heterocycles. The Balaban J connectivity index is 0.000000174. The number of alkyl carbamates (subject to hydrolysis) is 3. The lowest BCUT2D eigenvalue weighted by molar-refractivity contribution is -0.0985. The first-order valence-corrected chi connectivity index (χ1v) is 52.1. The number of aryl methyl sites for hydroxylation is 1. The number of amides is 7. The van der Waals surface area contributed by atoms with Gasteiger partial charge in [-0.25, -0.2) is 70.2 Å². The monoisotopic (exact) mass is 2070 g/mol. The number of urea groups is 2. The first-order valence-electron chi connectivity index (χ1n) is 43.5. The van der Waals surface area contributed by atoms with Gasteiger partial charge >= 0.3 is 30.3 Å². The summed E-state index contributed by atoms with van der Waals surface area (Å²) < 4.78 is 86.9. The lowest BCUT2D eigenvalue weighted by atomic mass is 9.86. The van der Waals surface area contributed by atoms with E-state index in [2.05, 4.69) is 114 Å². The molecule has 700 valence electrons. The molecule has 29 nitrogen and oxygen atoms in total. The summed E-state index contributed by atoms with van der Waals surface area (Å²) in [6.07, 6.45) is 25.7. The number of nitrogens with zero attached hydrogens (tertiary/aromatic N) is 4. The van der Waals surface area contributed by atoms with Crippen LogP contribution in [0.25, 0.3) is 10.4 Å². The molecular formula is C90H123Br3N14O15S6. The first-order chi connectivity index (χ1) is 60.7. The molecule has 8 aromatic rings. The van der Waals surface area contributed by atoms with Gasteiger partial charge in [0.15, 0.2) is 12.2 Å². The van der Waals surface area contributed by atoms with Crippen molar-refractivity contribution in [2.75, 3.05) is 37.1 Å². The van der Waals surface area contributed by atoms with Crippen molar-refractivity contribution >= 4 is 155 Å². The molecule has 7 amide bonds. The van der Waals surface area contributed by atoms with Crippen molar-refractivity contribution in [1.29, 1.82) is 0 Å². The second-order valence-electron chi connectivity index (χ2n) is 36.0. The predicted molar refractivity (Wildman–Crippen MR) is 515 cm³/mol. The fourth-order valence-electron chi connectivity index (χ4n) is 14.7. The Morgan fingerprint density at radius 2 is 0.820 bits per heavy atom. The average molecular weight is 2070 g/mol. The molecule has 0 radical (unpaired) electrons. The summed E-state index contributed by atoms with van der Waals surface area (Å²) in [6, 6.07) is 28.8. The van der Waals surface area contributed by atoms with Gasteiger partial charge in [0.25, 0.3) is 0 Å². The summed E-state index contributed by atoms with van der Waals surface area (Å²) in [5.74, 6) is 1.93. The second-order valence-corrected chi connectivity index (χ2v) is 47.7. The van der Waals surface area contributed by atoms with Crippen molar-refractivity contribution in [2.45, 2.75) is 297 Å². The minimum absolute atomic E-state index is 0.0457. The smallest absolute Gasteiger partial charge is 0.407 e. The van der Waals surface area contributed by atoms with Crippen molar-refractivity contribution in [2.24, 2.45) is 5.73 Å². The number of sulfonamides is 2. The number of carbonyl (C=O) groups is 5. The van der Waals surface area contributed by atoms with Crippen molar-refractivity contribution in [1.82, 2.24) is 56.0 Å². The van der Waals surface area contributed by atoms with E-state index in [0.29, 0.717) is 85.8 Å². The number of carbonyl (C=O) groups excluding carboxylic acids is 5. The quantitative estimate of drug-likeness (QED) is 0.0316. The normalized spacial score (nSPS) is 20.8. The number of nitrogens with two attached hydrogens (primary N) is 1. The van der Waals surface area contributed by atoms with E-state index in [0.717, 1.165) is 135 Å². The van der Waals surface area contributed by atoms with Gasteiger partial charge in [-0.1, -0.05) is 72.8 Å². The molecule has 12 N–H and O–H groups in total. The maximum absolute atomic E-state index is 13.6. The number of aromatic nitrogens is 4. The SMILES string of the molecule is CC(C)(C)NS(=O)(=O)c1cc(NC(=O)NCc2ccccc2)ccc1-c1cnc(C2CCC(NC(=O)OC3COC3)CC2)s1.CC(C)(C)OC(=O)NC1CCC(c2ncc(Br)s2)CC1.Cc1ccc(NC(=O)NCc2ccccc2)cc1S(=O)(=O)NC(C)(C)C.NC1CCC(c2ncc(Br)s2)CC1.O=C(NC1CCC(c2ncc(Br)s2)CC1)OC1COC1.OC1CCC1. The number of anilines is 2. The number of hydrogen-bond acceptors (Lipinski definition) is 24. The molecule has 2 aliphatic heterocycles. The summed E-state index contributed by atoms with van der Waals surface area (Å²) in [5, 5.41) is 32.9.